The Kier molecular flexibility index (Phi) is 46.5. The van der Waals surface area contributed by atoms with Crippen LogP contribution in [0.3, 0.4) is 0 Å². The molecule has 56 valence electrons. The van der Waals surface area contributed by atoms with Gasteiger partial charge >= 0.3 is 6.15 Å². The van der Waals surface area contributed by atoms with Crippen LogP contribution in [0.5, 0.6) is 0 Å². The SMILES string of the molecule is CC(C)N.CO.O=C=O. The lowest BCUT2D eigenvalue weighted by Crippen LogP contribution is -2.06. The van der Waals surface area contributed by atoms with E-state index < -0.39 is 0 Å². The van der Waals surface area contributed by atoms with E-state index in [-0.39, 0.29) is 6.15 Å². The normalized spacial score (nSPS) is 5.56. The summed E-state index contributed by atoms with van der Waals surface area (Å²) >= 11 is 0. The van der Waals surface area contributed by atoms with Crippen LogP contribution in [0, 0.1) is 0 Å². The smallest absolute Gasteiger partial charge is 0.373 e. The minimum atomic E-state index is 0.250. The van der Waals surface area contributed by atoms with Crippen LogP contribution >= 0.6 is 0 Å². The summed E-state index contributed by atoms with van der Waals surface area (Å²) in [5.41, 5.74) is 5.11. The van der Waals surface area contributed by atoms with Gasteiger partial charge in [0.25, 0.3) is 0 Å². The van der Waals surface area contributed by atoms with Gasteiger partial charge in [-0.3, -0.25) is 0 Å². The second-order valence-electron chi connectivity index (χ2n) is 1.33. The molecule has 0 atom stereocenters. The Morgan fingerprint density at radius 3 is 1.33 bits per heavy atom. The minimum Gasteiger partial charge on any atom is -0.400 e. The van der Waals surface area contributed by atoms with Crippen molar-refractivity contribution in [3.8, 4) is 0 Å². The molecule has 4 heteroatoms. The van der Waals surface area contributed by atoms with Crippen molar-refractivity contribution in [1.82, 2.24) is 0 Å². The highest BCUT2D eigenvalue weighted by Crippen LogP contribution is 1.58. The highest BCUT2D eigenvalue weighted by atomic mass is 16.2. The largest absolute Gasteiger partial charge is 0.400 e. The third-order valence-electron chi connectivity index (χ3n) is 0. The Labute approximate surface area is 54.7 Å². The summed E-state index contributed by atoms with van der Waals surface area (Å²) in [5.74, 6) is 0. The zero-order valence-corrected chi connectivity index (χ0v) is 5.92. The van der Waals surface area contributed by atoms with Gasteiger partial charge in [0.1, 0.15) is 0 Å². The number of carbonyl (C=O) groups excluding carboxylic acids is 2. The Balaban J connectivity index is -0.0000000646. The topological polar surface area (TPSA) is 80.4 Å². The number of aliphatic hydroxyl groups excluding tert-OH is 1. The first kappa shape index (κ1) is 15.7. The van der Waals surface area contributed by atoms with E-state index in [0.29, 0.717) is 6.04 Å². The van der Waals surface area contributed by atoms with Crippen LogP contribution in [0.2, 0.25) is 0 Å². The van der Waals surface area contributed by atoms with Crippen molar-refractivity contribution in [3.63, 3.8) is 0 Å². The molecule has 3 N–H and O–H groups in total. The van der Waals surface area contributed by atoms with E-state index in [4.69, 9.17) is 20.4 Å². The lowest BCUT2D eigenvalue weighted by Gasteiger charge is -1.81. The maximum Gasteiger partial charge on any atom is 0.373 e. The van der Waals surface area contributed by atoms with E-state index in [1.807, 2.05) is 13.8 Å². The summed E-state index contributed by atoms with van der Waals surface area (Å²) in [6.07, 6.45) is 0.250. The van der Waals surface area contributed by atoms with Crippen LogP contribution < -0.4 is 5.73 Å². The molecule has 4 nitrogen and oxygen atoms in total. The van der Waals surface area contributed by atoms with Crippen LogP contribution in [0.25, 0.3) is 0 Å². The first-order valence-corrected chi connectivity index (χ1v) is 2.34. The summed E-state index contributed by atoms with van der Waals surface area (Å²) in [4.78, 5) is 16.2. The molecule has 0 saturated heterocycles. The molecule has 0 aromatic rings. The Morgan fingerprint density at radius 2 is 1.33 bits per heavy atom. The number of hydrogen-bond donors (Lipinski definition) is 2. The van der Waals surface area contributed by atoms with Crippen molar-refractivity contribution in [2.24, 2.45) is 5.73 Å². The molecule has 0 rings (SSSR count). The van der Waals surface area contributed by atoms with Crippen LogP contribution in [-0.2, 0) is 9.59 Å². The first-order valence-electron chi connectivity index (χ1n) is 2.34. The van der Waals surface area contributed by atoms with Gasteiger partial charge < -0.3 is 10.8 Å². The Morgan fingerprint density at radius 1 is 1.33 bits per heavy atom. The average molecular weight is 135 g/mol. The number of aliphatic hydroxyl groups is 1. The second kappa shape index (κ2) is 26.6. The standard InChI is InChI=1S/C3H9N.CO2.CH4O/c1-3(2)4;2-1-3;1-2/h3H,4H2,1-2H3;;2H,1H3. The summed E-state index contributed by atoms with van der Waals surface area (Å²) in [6.45, 7) is 3.89. The number of hydrogen-bond acceptors (Lipinski definition) is 4. The minimum absolute atomic E-state index is 0.250. The number of rotatable bonds is 0. The molecule has 0 aromatic heterocycles. The zero-order valence-electron chi connectivity index (χ0n) is 5.92. The zero-order chi connectivity index (χ0) is 8.28. The average Bonchev–Trinajstić information content (AvgIpc) is 1.71. The van der Waals surface area contributed by atoms with Gasteiger partial charge in [-0.05, 0) is 6.04 Å². The molecule has 0 aromatic carbocycles. The van der Waals surface area contributed by atoms with E-state index >= 15 is 0 Å². The molecule has 0 spiro atoms. The Bertz CT molecular complexity index is 54.5. The van der Waals surface area contributed by atoms with Crippen LogP contribution in [0.15, 0.2) is 0 Å². The molecule has 0 aliphatic heterocycles. The van der Waals surface area contributed by atoms with Gasteiger partial charge in [0.2, 0.25) is 0 Å². The van der Waals surface area contributed by atoms with Crippen molar-refractivity contribution in [2.75, 3.05) is 7.11 Å². The lowest BCUT2D eigenvalue weighted by molar-refractivity contribution is -0.191. The number of nitrogens with two attached hydrogens (primary N) is 1. The molecule has 0 unspecified atom stereocenters. The molecule has 0 saturated carbocycles. The predicted octanol–water partition coefficient (Wildman–Crippen LogP) is -0.622. The third-order valence-corrected chi connectivity index (χ3v) is 0. The molecular weight excluding hydrogens is 122 g/mol. The molecule has 0 heterocycles. The molecule has 0 fully saturated rings. The second-order valence-corrected chi connectivity index (χ2v) is 1.33. The predicted molar refractivity (Wildman–Crippen MR) is 32.5 cm³/mol. The summed E-state index contributed by atoms with van der Waals surface area (Å²) in [5, 5.41) is 7.00. The van der Waals surface area contributed by atoms with Crippen molar-refractivity contribution in [2.45, 2.75) is 19.9 Å². The highest BCUT2D eigenvalue weighted by Gasteiger charge is 1.67. The molecule has 0 bridgehead atoms. The fourth-order valence-corrected chi connectivity index (χ4v) is 0. The fourth-order valence-electron chi connectivity index (χ4n) is 0. The van der Waals surface area contributed by atoms with Gasteiger partial charge in [-0.2, -0.15) is 9.59 Å². The van der Waals surface area contributed by atoms with E-state index in [2.05, 4.69) is 0 Å². The summed E-state index contributed by atoms with van der Waals surface area (Å²) < 4.78 is 0. The fraction of sp³-hybridized carbons (Fsp3) is 0.800. The third kappa shape index (κ3) is 418. The van der Waals surface area contributed by atoms with Crippen LogP contribution in [-0.4, -0.2) is 24.4 Å². The van der Waals surface area contributed by atoms with Crippen molar-refractivity contribution < 1.29 is 14.7 Å². The molecule has 0 amide bonds. The molecule has 9 heavy (non-hydrogen) atoms. The summed E-state index contributed by atoms with van der Waals surface area (Å²) in [7, 11) is 1.00. The lowest BCUT2D eigenvalue weighted by atomic mass is 10.5. The molecule has 0 aliphatic carbocycles. The highest BCUT2D eigenvalue weighted by molar-refractivity contribution is 5.20. The Hall–Kier alpha value is -0.700. The van der Waals surface area contributed by atoms with E-state index in [1.54, 1.807) is 0 Å². The van der Waals surface area contributed by atoms with E-state index in [9.17, 15) is 0 Å². The van der Waals surface area contributed by atoms with Gasteiger partial charge in [-0.1, -0.05) is 13.8 Å². The van der Waals surface area contributed by atoms with E-state index in [1.165, 1.54) is 0 Å². The van der Waals surface area contributed by atoms with Gasteiger partial charge in [-0.15, -0.1) is 0 Å². The van der Waals surface area contributed by atoms with Crippen LogP contribution in [0.1, 0.15) is 13.8 Å². The van der Waals surface area contributed by atoms with Gasteiger partial charge in [0.05, 0.1) is 0 Å². The molecular formula is C5H13NO3. The quantitative estimate of drug-likeness (QED) is 0.463. The van der Waals surface area contributed by atoms with Gasteiger partial charge in [0.15, 0.2) is 0 Å². The maximum absolute atomic E-state index is 8.12. The maximum atomic E-state index is 8.12. The van der Waals surface area contributed by atoms with Crippen LogP contribution in [0.4, 0.5) is 0 Å². The van der Waals surface area contributed by atoms with Gasteiger partial charge in [-0.25, -0.2) is 0 Å². The molecule has 0 radical (unpaired) electrons. The summed E-state index contributed by atoms with van der Waals surface area (Å²) in [6, 6.07) is 0.333. The van der Waals surface area contributed by atoms with Crippen molar-refractivity contribution in [1.29, 1.82) is 0 Å². The van der Waals surface area contributed by atoms with Crippen molar-refractivity contribution in [3.05, 3.63) is 0 Å². The monoisotopic (exact) mass is 135 g/mol. The first-order chi connectivity index (χ1) is 4.15. The van der Waals surface area contributed by atoms with Crippen molar-refractivity contribution >= 4 is 6.15 Å². The van der Waals surface area contributed by atoms with Gasteiger partial charge in [0, 0.05) is 7.11 Å². The van der Waals surface area contributed by atoms with E-state index in [0.717, 1.165) is 7.11 Å². The molecule has 0 aliphatic rings.